The lowest BCUT2D eigenvalue weighted by Gasteiger charge is -2.19. The monoisotopic (exact) mass is 365 g/mol. The molecule has 0 aromatic heterocycles. The largest absolute Gasteiger partial charge is 0.497 e. The van der Waals surface area contributed by atoms with E-state index in [1.165, 1.54) is 4.90 Å². The van der Waals surface area contributed by atoms with E-state index in [-0.39, 0.29) is 37.4 Å². The Hall–Kier alpha value is -2.61. The number of carbonyl (C=O) groups excluding carboxylic acids is 3. The quantitative estimate of drug-likeness (QED) is 0.503. The smallest absolute Gasteiger partial charge is 0.279 e. The zero-order valence-corrected chi connectivity index (χ0v) is 15.9. The molecule has 3 N–H and O–H groups in total. The number of nitrogens with one attached hydrogen (secondary N) is 3. The highest BCUT2D eigenvalue weighted by molar-refractivity contribution is 5.91. The van der Waals surface area contributed by atoms with Crippen molar-refractivity contribution in [2.24, 2.45) is 0 Å². The molecule has 0 bridgehead atoms. The summed E-state index contributed by atoms with van der Waals surface area (Å²) >= 11 is 0. The molecular weight excluding hydrogens is 336 g/mol. The van der Waals surface area contributed by atoms with Crippen molar-refractivity contribution in [2.75, 3.05) is 52.7 Å². The molecule has 0 spiro atoms. The van der Waals surface area contributed by atoms with E-state index in [0.29, 0.717) is 18.0 Å². The summed E-state index contributed by atoms with van der Waals surface area (Å²) in [6.45, 7) is 2.85. The number of ether oxygens (including phenoxy) is 1. The third-order valence-electron chi connectivity index (χ3n) is 3.67. The number of amides is 3. The van der Waals surface area contributed by atoms with Crippen molar-refractivity contribution in [1.82, 2.24) is 10.2 Å². The second-order valence-electron chi connectivity index (χ2n) is 6.19. The average molecular weight is 365 g/mol. The van der Waals surface area contributed by atoms with Crippen LogP contribution in [0.5, 0.6) is 5.75 Å². The number of likely N-dealkylation sites (N-methyl/N-ethyl adjacent to an activating group) is 2. The molecule has 1 rings (SSSR count). The summed E-state index contributed by atoms with van der Waals surface area (Å²) in [6.07, 6.45) is 0.847. The van der Waals surface area contributed by atoms with Gasteiger partial charge in [0.25, 0.3) is 11.8 Å². The Labute approximate surface area is 154 Å². The van der Waals surface area contributed by atoms with Gasteiger partial charge in [0.15, 0.2) is 13.1 Å². The summed E-state index contributed by atoms with van der Waals surface area (Å²) in [7, 11) is 4.92. The molecule has 1 unspecified atom stereocenters. The van der Waals surface area contributed by atoms with E-state index >= 15 is 0 Å². The first kappa shape index (κ1) is 21.4. The molecule has 8 heteroatoms. The molecule has 8 nitrogen and oxygen atoms in total. The summed E-state index contributed by atoms with van der Waals surface area (Å²) in [5.41, 5.74) is 0.666. The van der Waals surface area contributed by atoms with Crippen molar-refractivity contribution in [3.8, 4) is 5.75 Å². The van der Waals surface area contributed by atoms with Gasteiger partial charge < -0.3 is 25.2 Å². The summed E-state index contributed by atoms with van der Waals surface area (Å²) in [5.74, 6) is 0.148. The molecule has 0 saturated heterocycles. The highest BCUT2D eigenvalue weighted by Gasteiger charge is 2.19. The molecule has 144 valence electrons. The van der Waals surface area contributed by atoms with Crippen LogP contribution in [0.4, 0.5) is 5.69 Å². The normalized spacial score (nSPS) is 11.4. The van der Waals surface area contributed by atoms with Crippen molar-refractivity contribution < 1.29 is 24.0 Å². The summed E-state index contributed by atoms with van der Waals surface area (Å²) in [6, 6.07) is 7.02. The minimum Gasteiger partial charge on any atom is -0.497 e. The van der Waals surface area contributed by atoms with E-state index in [0.717, 1.165) is 11.3 Å². The van der Waals surface area contributed by atoms with Gasteiger partial charge in [-0.15, -0.1) is 0 Å². The van der Waals surface area contributed by atoms with Gasteiger partial charge in [-0.25, -0.2) is 0 Å². The highest BCUT2D eigenvalue weighted by Crippen LogP contribution is 2.14. The number of anilines is 1. The van der Waals surface area contributed by atoms with Crippen LogP contribution in [-0.2, 0) is 14.4 Å². The fourth-order valence-electron chi connectivity index (χ4n) is 2.23. The van der Waals surface area contributed by atoms with E-state index in [1.807, 2.05) is 6.92 Å². The molecule has 3 amide bonds. The molecule has 0 aliphatic carbocycles. The first-order valence-electron chi connectivity index (χ1n) is 8.61. The van der Waals surface area contributed by atoms with E-state index in [2.05, 4.69) is 10.6 Å². The number of carbonyl (C=O) groups is 3. The first-order chi connectivity index (χ1) is 12.3. The predicted molar refractivity (Wildman–Crippen MR) is 99.2 cm³/mol. The van der Waals surface area contributed by atoms with Gasteiger partial charge in [-0.2, -0.15) is 0 Å². The maximum Gasteiger partial charge on any atom is 0.279 e. The van der Waals surface area contributed by atoms with Crippen LogP contribution in [0, 0.1) is 0 Å². The number of rotatable bonds is 10. The predicted octanol–water partition coefficient (Wildman–Crippen LogP) is -0.867. The van der Waals surface area contributed by atoms with Gasteiger partial charge in [-0.05, 0) is 30.7 Å². The molecule has 0 aliphatic rings. The molecule has 0 radical (unpaired) electrons. The second kappa shape index (κ2) is 11.1. The number of hydrogen-bond donors (Lipinski definition) is 3. The topological polar surface area (TPSA) is 92.2 Å². The van der Waals surface area contributed by atoms with Crippen LogP contribution in [0.2, 0.25) is 0 Å². The van der Waals surface area contributed by atoms with E-state index in [9.17, 15) is 14.4 Å². The van der Waals surface area contributed by atoms with Crippen molar-refractivity contribution in [2.45, 2.75) is 13.3 Å². The van der Waals surface area contributed by atoms with E-state index in [4.69, 9.17) is 4.74 Å². The van der Waals surface area contributed by atoms with Crippen LogP contribution in [0.15, 0.2) is 24.3 Å². The van der Waals surface area contributed by atoms with Crippen LogP contribution in [0.3, 0.4) is 0 Å². The molecule has 0 fully saturated rings. The molecular formula is C18H29N4O4+. The van der Waals surface area contributed by atoms with Crippen LogP contribution >= 0.6 is 0 Å². The number of benzene rings is 1. The molecule has 1 atom stereocenters. The lowest BCUT2D eigenvalue weighted by Crippen LogP contribution is -3.11. The lowest BCUT2D eigenvalue weighted by atomic mass is 10.3. The Morgan fingerprint density at radius 1 is 1.12 bits per heavy atom. The third-order valence-corrected chi connectivity index (χ3v) is 3.67. The van der Waals surface area contributed by atoms with Gasteiger partial charge >= 0.3 is 0 Å². The van der Waals surface area contributed by atoms with Crippen molar-refractivity contribution >= 4 is 23.4 Å². The average Bonchev–Trinajstić information content (AvgIpc) is 2.60. The van der Waals surface area contributed by atoms with E-state index < -0.39 is 0 Å². The van der Waals surface area contributed by atoms with Crippen LogP contribution in [0.1, 0.15) is 13.3 Å². The summed E-state index contributed by atoms with van der Waals surface area (Å²) < 4.78 is 5.07. The molecule has 26 heavy (non-hydrogen) atoms. The van der Waals surface area contributed by atoms with Gasteiger partial charge in [0.1, 0.15) is 5.75 Å². The Morgan fingerprint density at radius 2 is 1.77 bits per heavy atom. The van der Waals surface area contributed by atoms with Crippen molar-refractivity contribution in [3.63, 3.8) is 0 Å². The zero-order valence-electron chi connectivity index (χ0n) is 15.9. The number of nitrogens with zero attached hydrogens (tertiary/aromatic N) is 1. The summed E-state index contributed by atoms with van der Waals surface area (Å²) in [4.78, 5) is 38.0. The zero-order chi connectivity index (χ0) is 19.5. The molecule has 1 aromatic rings. The highest BCUT2D eigenvalue weighted by atomic mass is 16.5. The minimum absolute atomic E-state index is 0.0180. The standard InChI is InChI=1S/C18H28N4O4/c1-5-10-19-16(23)12-22(3)18(25)13-21(2)11-17(24)20-14-6-8-15(26-4)9-7-14/h6-9H,5,10-13H2,1-4H3,(H,19,23)(H,20,24)/p+1. The van der Waals surface area contributed by atoms with Crippen LogP contribution in [-0.4, -0.2) is 70.0 Å². The van der Waals surface area contributed by atoms with E-state index in [1.54, 1.807) is 45.5 Å². The van der Waals surface area contributed by atoms with Gasteiger partial charge in [-0.1, -0.05) is 6.92 Å². The third kappa shape index (κ3) is 7.98. The molecule has 0 aliphatic heterocycles. The second-order valence-corrected chi connectivity index (χ2v) is 6.19. The fraction of sp³-hybridized carbons (Fsp3) is 0.500. The maximum atomic E-state index is 12.2. The van der Waals surface area contributed by atoms with Gasteiger partial charge in [0.2, 0.25) is 5.91 Å². The lowest BCUT2D eigenvalue weighted by molar-refractivity contribution is -0.862. The number of hydrogen-bond acceptors (Lipinski definition) is 4. The van der Waals surface area contributed by atoms with Crippen LogP contribution < -0.4 is 20.3 Å². The summed E-state index contributed by atoms with van der Waals surface area (Å²) in [5, 5.41) is 5.50. The van der Waals surface area contributed by atoms with Crippen LogP contribution in [0.25, 0.3) is 0 Å². The minimum atomic E-state index is -0.191. The Balaban J connectivity index is 2.38. The SMILES string of the molecule is CCCNC(=O)CN(C)C(=O)C[NH+](C)CC(=O)Nc1ccc(OC)cc1. The van der Waals surface area contributed by atoms with Gasteiger partial charge in [0, 0.05) is 19.3 Å². The molecule has 0 saturated carbocycles. The molecule has 0 heterocycles. The van der Waals surface area contributed by atoms with Gasteiger partial charge in [-0.3, -0.25) is 14.4 Å². The van der Waals surface area contributed by atoms with Crippen molar-refractivity contribution in [1.29, 1.82) is 0 Å². The molecule has 1 aromatic carbocycles. The maximum absolute atomic E-state index is 12.2. The first-order valence-corrected chi connectivity index (χ1v) is 8.61. The Morgan fingerprint density at radius 3 is 2.35 bits per heavy atom. The Bertz CT molecular complexity index is 604. The fourth-order valence-corrected chi connectivity index (χ4v) is 2.23. The number of quaternary nitrogens is 1. The van der Waals surface area contributed by atoms with Crippen molar-refractivity contribution in [3.05, 3.63) is 24.3 Å². The van der Waals surface area contributed by atoms with Gasteiger partial charge in [0.05, 0.1) is 20.7 Å². The number of methoxy groups -OCH3 is 1. The Kier molecular flexibility index (Phi) is 9.14.